The number of ether oxygens (including phenoxy) is 2. The van der Waals surface area contributed by atoms with Crippen LogP contribution in [-0.2, 0) is 4.74 Å². The molecule has 0 aromatic heterocycles. The molecule has 0 amide bonds. The van der Waals surface area contributed by atoms with Gasteiger partial charge in [0.25, 0.3) is 0 Å². The van der Waals surface area contributed by atoms with E-state index in [1.54, 1.807) is 38.1 Å². The Labute approximate surface area is 136 Å². The maximum atomic E-state index is 12.9. The monoisotopic (exact) mass is 330 g/mol. The second-order valence-electron chi connectivity index (χ2n) is 7.39. The van der Waals surface area contributed by atoms with Gasteiger partial charge < -0.3 is 9.47 Å². The molecular weight excluding hydrogens is 305 g/mol. The molecule has 2 nitrogen and oxygen atoms in total. The van der Waals surface area contributed by atoms with Gasteiger partial charge in [-0.2, -0.15) is 13.2 Å². The third-order valence-electron chi connectivity index (χ3n) is 4.24. The molecule has 130 valence electrons. The predicted molar refractivity (Wildman–Crippen MR) is 83.4 cm³/mol. The molecule has 5 heteroatoms. The van der Waals surface area contributed by atoms with Gasteiger partial charge in [0.05, 0.1) is 12.2 Å². The standard InChI is InChI=1S/C18H25F3O2/c1-11(2)10-12(3)22-14-8-6-13(7-9-14)15-17(4,5)16(23-15)18(19,20)21/h6-9,11-12,15-16H,10H2,1-5H3. The summed E-state index contributed by atoms with van der Waals surface area (Å²) in [5, 5.41) is 0. The van der Waals surface area contributed by atoms with Crippen molar-refractivity contribution in [3.05, 3.63) is 29.8 Å². The zero-order chi connectivity index (χ0) is 17.4. The van der Waals surface area contributed by atoms with Gasteiger partial charge in [-0.3, -0.25) is 0 Å². The van der Waals surface area contributed by atoms with Gasteiger partial charge in [0, 0.05) is 5.41 Å². The molecule has 0 bridgehead atoms. The number of alkyl halides is 3. The molecule has 0 radical (unpaired) electrons. The maximum absolute atomic E-state index is 12.9. The highest BCUT2D eigenvalue weighted by Crippen LogP contribution is 2.56. The van der Waals surface area contributed by atoms with E-state index < -0.39 is 23.8 Å². The first-order valence-corrected chi connectivity index (χ1v) is 8.00. The number of rotatable bonds is 5. The minimum atomic E-state index is -4.32. The second kappa shape index (κ2) is 6.34. The first-order chi connectivity index (χ1) is 10.5. The highest BCUT2D eigenvalue weighted by molar-refractivity contribution is 5.31. The second-order valence-corrected chi connectivity index (χ2v) is 7.39. The normalized spacial score (nSPS) is 25.1. The van der Waals surface area contributed by atoms with Gasteiger partial charge in [0.15, 0.2) is 6.10 Å². The molecular formula is C18H25F3O2. The van der Waals surface area contributed by atoms with Crippen LogP contribution in [0.2, 0.25) is 0 Å². The highest BCUT2D eigenvalue weighted by atomic mass is 19.4. The molecule has 3 unspecified atom stereocenters. The van der Waals surface area contributed by atoms with E-state index in [0.717, 1.165) is 17.7 Å². The Balaban J connectivity index is 2.01. The van der Waals surface area contributed by atoms with Crippen LogP contribution in [-0.4, -0.2) is 18.4 Å². The number of hydrogen-bond donors (Lipinski definition) is 0. The Morgan fingerprint density at radius 3 is 2.13 bits per heavy atom. The average molecular weight is 330 g/mol. The number of halogens is 3. The van der Waals surface area contributed by atoms with Gasteiger partial charge >= 0.3 is 6.18 Å². The minimum absolute atomic E-state index is 0.104. The fourth-order valence-electron chi connectivity index (χ4n) is 3.22. The number of benzene rings is 1. The summed E-state index contributed by atoms with van der Waals surface area (Å²) in [4.78, 5) is 0. The molecule has 1 aliphatic heterocycles. The van der Waals surface area contributed by atoms with Crippen LogP contribution in [0.4, 0.5) is 13.2 Å². The third-order valence-corrected chi connectivity index (χ3v) is 4.24. The molecule has 1 fully saturated rings. The minimum Gasteiger partial charge on any atom is -0.491 e. The van der Waals surface area contributed by atoms with Crippen molar-refractivity contribution in [2.45, 2.75) is 65.5 Å². The van der Waals surface area contributed by atoms with Gasteiger partial charge in [0.1, 0.15) is 5.75 Å². The quantitative estimate of drug-likeness (QED) is 0.707. The Morgan fingerprint density at radius 2 is 1.70 bits per heavy atom. The fourth-order valence-corrected chi connectivity index (χ4v) is 3.22. The Morgan fingerprint density at radius 1 is 1.13 bits per heavy atom. The summed E-state index contributed by atoms with van der Waals surface area (Å²) < 4.78 is 49.5. The van der Waals surface area contributed by atoms with E-state index in [9.17, 15) is 13.2 Å². The molecule has 1 aromatic carbocycles. The lowest BCUT2D eigenvalue weighted by atomic mass is 9.72. The topological polar surface area (TPSA) is 18.5 Å². The van der Waals surface area contributed by atoms with Crippen LogP contribution in [0.25, 0.3) is 0 Å². The van der Waals surface area contributed by atoms with Crippen molar-refractivity contribution in [1.82, 2.24) is 0 Å². The largest absolute Gasteiger partial charge is 0.491 e. The van der Waals surface area contributed by atoms with Crippen molar-refractivity contribution >= 4 is 0 Å². The maximum Gasteiger partial charge on any atom is 0.415 e. The van der Waals surface area contributed by atoms with Gasteiger partial charge in [-0.15, -0.1) is 0 Å². The smallest absolute Gasteiger partial charge is 0.415 e. The van der Waals surface area contributed by atoms with Crippen molar-refractivity contribution in [1.29, 1.82) is 0 Å². The van der Waals surface area contributed by atoms with Gasteiger partial charge in [0.2, 0.25) is 0 Å². The summed E-state index contributed by atoms with van der Waals surface area (Å²) in [5.41, 5.74) is -0.217. The summed E-state index contributed by atoms with van der Waals surface area (Å²) in [7, 11) is 0. The zero-order valence-electron chi connectivity index (χ0n) is 14.3. The molecule has 0 N–H and O–H groups in total. The molecule has 1 saturated heterocycles. The van der Waals surface area contributed by atoms with Crippen LogP contribution in [0.5, 0.6) is 5.75 Å². The van der Waals surface area contributed by atoms with Crippen molar-refractivity contribution in [3.63, 3.8) is 0 Å². The Hall–Kier alpha value is -1.23. The van der Waals surface area contributed by atoms with Crippen LogP contribution in [0.3, 0.4) is 0 Å². The van der Waals surface area contributed by atoms with Crippen LogP contribution < -0.4 is 4.74 Å². The molecule has 0 spiro atoms. The van der Waals surface area contributed by atoms with Gasteiger partial charge in [-0.05, 0) is 37.0 Å². The predicted octanol–water partition coefficient (Wildman–Crippen LogP) is 5.53. The van der Waals surface area contributed by atoms with Crippen LogP contribution in [0.1, 0.15) is 52.7 Å². The van der Waals surface area contributed by atoms with Crippen molar-refractivity contribution in [2.75, 3.05) is 0 Å². The zero-order valence-corrected chi connectivity index (χ0v) is 14.3. The lowest BCUT2D eigenvalue weighted by Crippen LogP contribution is -2.57. The van der Waals surface area contributed by atoms with Gasteiger partial charge in [-0.25, -0.2) is 0 Å². The van der Waals surface area contributed by atoms with E-state index in [0.29, 0.717) is 5.92 Å². The Bertz CT molecular complexity index is 520. The third kappa shape index (κ3) is 4.00. The van der Waals surface area contributed by atoms with E-state index in [-0.39, 0.29) is 6.10 Å². The first kappa shape index (κ1) is 18.1. The molecule has 3 atom stereocenters. The Kier molecular flexibility index (Phi) is 5.00. The summed E-state index contributed by atoms with van der Waals surface area (Å²) in [6.07, 6.45) is -5.52. The summed E-state index contributed by atoms with van der Waals surface area (Å²) in [5.74, 6) is 1.28. The average Bonchev–Trinajstić information content (AvgIpc) is 2.37. The molecule has 23 heavy (non-hydrogen) atoms. The summed E-state index contributed by atoms with van der Waals surface area (Å²) in [6.45, 7) is 9.47. The van der Waals surface area contributed by atoms with Crippen molar-refractivity contribution < 1.29 is 22.6 Å². The SMILES string of the molecule is CC(C)CC(C)Oc1ccc(C2OC(C(F)(F)F)C2(C)C)cc1. The van der Waals surface area contributed by atoms with E-state index in [2.05, 4.69) is 13.8 Å². The molecule has 1 heterocycles. The number of hydrogen-bond acceptors (Lipinski definition) is 2. The van der Waals surface area contributed by atoms with Crippen LogP contribution in [0.15, 0.2) is 24.3 Å². The van der Waals surface area contributed by atoms with E-state index in [1.807, 2.05) is 6.92 Å². The van der Waals surface area contributed by atoms with Crippen molar-refractivity contribution in [3.8, 4) is 5.75 Å². The van der Waals surface area contributed by atoms with Crippen LogP contribution >= 0.6 is 0 Å². The lowest BCUT2D eigenvalue weighted by molar-refractivity contribution is -0.351. The van der Waals surface area contributed by atoms with Crippen LogP contribution in [0, 0.1) is 11.3 Å². The van der Waals surface area contributed by atoms with E-state index in [1.165, 1.54) is 0 Å². The highest BCUT2D eigenvalue weighted by Gasteiger charge is 2.62. The van der Waals surface area contributed by atoms with Crippen molar-refractivity contribution in [2.24, 2.45) is 11.3 Å². The molecule has 2 rings (SSSR count). The van der Waals surface area contributed by atoms with Gasteiger partial charge in [-0.1, -0.05) is 39.8 Å². The lowest BCUT2D eigenvalue weighted by Gasteiger charge is -2.52. The molecule has 0 saturated carbocycles. The summed E-state index contributed by atoms with van der Waals surface area (Å²) >= 11 is 0. The van der Waals surface area contributed by atoms with E-state index in [4.69, 9.17) is 9.47 Å². The molecule has 1 aliphatic rings. The first-order valence-electron chi connectivity index (χ1n) is 8.00. The molecule has 1 aromatic rings. The fraction of sp³-hybridized carbons (Fsp3) is 0.667. The summed E-state index contributed by atoms with van der Waals surface area (Å²) in [6, 6.07) is 7.17. The molecule has 0 aliphatic carbocycles. The van der Waals surface area contributed by atoms with E-state index >= 15 is 0 Å².